The number of nitrogens with two attached hydrogens (primary N) is 2. The summed E-state index contributed by atoms with van der Waals surface area (Å²) in [5, 5.41) is 12.1. The first-order valence-corrected chi connectivity index (χ1v) is 7.85. The van der Waals surface area contributed by atoms with Gasteiger partial charge in [-0.2, -0.15) is 0 Å². The fraction of sp³-hybridized carbons (Fsp3) is 0.733. The molecule has 1 aliphatic carbocycles. The van der Waals surface area contributed by atoms with Crippen LogP contribution < -0.4 is 16.8 Å². The van der Waals surface area contributed by atoms with E-state index in [0.29, 0.717) is 0 Å². The lowest BCUT2D eigenvalue weighted by molar-refractivity contribution is -0.145. The Labute approximate surface area is 135 Å². The van der Waals surface area contributed by atoms with E-state index in [2.05, 4.69) is 10.3 Å². The molecule has 0 spiro atoms. The Morgan fingerprint density at radius 1 is 1.35 bits per heavy atom. The van der Waals surface area contributed by atoms with Gasteiger partial charge in [0.15, 0.2) is 11.7 Å². The number of nitrogens with zero attached hydrogens (tertiary/aromatic N) is 1. The molecule has 0 aromatic heterocycles. The van der Waals surface area contributed by atoms with Gasteiger partial charge < -0.3 is 21.9 Å². The lowest BCUT2D eigenvalue weighted by Gasteiger charge is -2.32. The van der Waals surface area contributed by atoms with Crippen LogP contribution in [0.15, 0.2) is 4.99 Å². The number of nitrogens with one attached hydrogen (secondary N) is 1. The summed E-state index contributed by atoms with van der Waals surface area (Å²) in [6.07, 6.45) is 1.54. The first kappa shape index (κ1) is 18.9. The predicted octanol–water partition coefficient (Wildman–Crippen LogP) is -0.141. The van der Waals surface area contributed by atoms with Crippen molar-refractivity contribution in [3.8, 4) is 0 Å². The maximum Gasteiger partial charge on any atom is 0.314 e. The second-order valence-electron chi connectivity index (χ2n) is 5.98. The average Bonchev–Trinajstić information content (AvgIpc) is 2.74. The number of rotatable bonds is 7. The van der Waals surface area contributed by atoms with E-state index in [1.807, 2.05) is 13.8 Å². The van der Waals surface area contributed by atoms with E-state index in [9.17, 15) is 19.5 Å². The Kier molecular flexibility index (Phi) is 6.53. The van der Waals surface area contributed by atoms with Crippen molar-refractivity contribution in [2.24, 2.45) is 34.2 Å². The molecule has 8 nitrogen and oxygen atoms in total. The van der Waals surface area contributed by atoms with E-state index < -0.39 is 35.7 Å². The van der Waals surface area contributed by atoms with Crippen molar-refractivity contribution in [3.63, 3.8) is 0 Å². The van der Waals surface area contributed by atoms with Crippen LogP contribution in [0.25, 0.3) is 0 Å². The minimum atomic E-state index is -1.18. The topological polar surface area (TPSA) is 148 Å². The Balaban J connectivity index is 3.26. The van der Waals surface area contributed by atoms with Gasteiger partial charge in [0.25, 0.3) is 0 Å². The summed E-state index contributed by atoms with van der Waals surface area (Å²) < 4.78 is 0. The number of carboxylic acid groups (broad SMARTS) is 1. The number of carboxylic acids is 1. The number of Topliss-reactive ketones (excluding diaryl/α,β-unsaturated/α-hetero) is 1. The van der Waals surface area contributed by atoms with Gasteiger partial charge in [-0.15, -0.1) is 0 Å². The molecule has 1 rings (SSSR count). The summed E-state index contributed by atoms with van der Waals surface area (Å²) in [5.41, 5.74) is 10.9. The molecule has 23 heavy (non-hydrogen) atoms. The van der Waals surface area contributed by atoms with Gasteiger partial charge in [-0.05, 0) is 12.3 Å². The Morgan fingerprint density at radius 3 is 2.30 bits per heavy atom. The number of aliphatic carboxylic acids is 1. The van der Waals surface area contributed by atoms with Crippen LogP contribution in [0.3, 0.4) is 0 Å². The molecule has 0 aromatic rings. The second kappa shape index (κ2) is 7.94. The van der Waals surface area contributed by atoms with Crippen molar-refractivity contribution >= 4 is 23.6 Å². The predicted molar refractivity (Wildman–Crippen MR) is 85.5 cm³/mol. The first-order valence-electron chi connectivity index (χ1n) is 7.85. The molecule has 0 heterocycles. The average molecular weight is 326 g/mol. The van der Waals surface area contributed by atoms with E-state index in [1.165, 1.54) is 6.92 Å². The van der Waals surface area contributed by atoms with E-state index in [4.69, 9.17) is 11.5 Å². The molecule has 1 aliphatic rings. The molecule has 1 fully saturated rings. The minimum absolute atomic E-state index is 0.0390. The van der Waals surface area contributed by atoms with Crippen molar-refractivity contribution in [1.29, 1.82) is 0 Å². The van der Waals surface area contributed by atoms with Crippen LogP contribution in [0, 0.1) is 17.8 Å². The number of aliphatic imine (C=N–C) groups is 1. The summed E-state index contributed by atoms with van der Waals surface area (Å²) in [5.74, 6) is -3.89. The maximum absolute atomic E-state index is 12.6. The van der Waals surface area contributed by atoms with Gasteiger partial charge in [-0.3, -0.25) is 14.4 Å². The Morgan fingerprint density at radius 2 is 1.91 bits per heavy atom. The number of hydrogen-bond acceptors (Lipinski definition) is 4. The van der Waals surface area contributed by atoms with E-state index in [0.717, 1.165) is 12.8 Å². The molecule has 1 saturated carbocycles. The van der Waals surface area contributed by atoms with Crippen LogP contribution in [0.1, 0.15) is 40.0 Å². The van der Waals surface area contributed by atoms with Gasteiger partial charge in [0.2, 0.25) is 5.91 Å². The normalized spacial score (nSPS) is 25.2. The van der Waals surface area contributed by atoms with Gasteiger partial charge in [-0.1, -0.05) is 26.7 Å². The Hall–Kier alpha value is -2.12. The SMILES string of the molecule is CCC(CC)[C@H](NC(C)=O)[C@@H]1C(=O)[C@@H](C(=O)O)C[C@H]1N=C(N)N. The quantitative estimate of drug-likeness (QED) is 0.291. The minimum Gasteiger partial charge on any atom is -0.481 e. The third-order valence-electron chi connectivity index (χ3n) is 4.49. The molecule has 0 aromatic carbocycles. The zero-order valence-corrected chi connectivity index (χ0v) is 13.8. The molecule has 0 saturated heterocycles. The molecule has 0 aliphatic heterocycles. The molecule has 8 heteroatoms. The van der Waals surface area contributed by atoms with Crippen molar-refractivity contribution in [2.45, 2.75) is 52.1 Å². The highest BCUT2D eigenvalue weighted by molar-refractivity contribution is 6.02. The largest absolute Gasteiger partial charge is 0.481 e. The summed E-state index contributed by atoms with van der Waals surface area (Å²) >= 11 is 0. The zero-order chi connectivity index (χ0) is 17.7. The van der Waals surface area contributed by atoms with Crippen molar-refractivity contribution in [2.75, 3.05) is 0 Å². The molecule has 0 bridgehead atoms. The highest BCUT2D eigenvalue weighted by Crippen LogP contribution is 2.36. The zero-order valence-electron chi connectivity index (χ0n) is 13.8. The van der Waals surface area contributed by atoms with E-state index in [-0.39, 0.29) is 24.2 Å². The molecular formula is C15H26N4O4. The smallest absolute Gasteiger partial charge is 0.314 e. The lowest BCUT2D eigenvalue weighted by Crippen LogP contribution is -2.49. The van der Waals surface area contributed by atoms with Crippen molar-refractivity contribution < 1.29 is 19.5 Å². The van der Waals surface area contributed by atoms with Gasteiger partial charge in [-0.25, -0.2) is 4.99 Å². The molecule has 0 radical (unpaired) electrons. The lowest BCUT2D eigenvalue weighted by atomic mass is 9.81. The molecule has 130 valence electrons. The van der Waals surface area contributed by atoms with Crippen LogP contribution in [0.5, 0.6) is 0 Å². The molecule has 0 unspecified atom stereocenters. The van der Waals surface area contributed by atoms with Crippen LogP contribution in [0.4, 0.5) is 0 Å². The van der Waals surface area contributed by atoms with Gasteiger partial charge in [0, 0.05) is 13.0 Å². The number of ketones is 1. The van der Waals surface area contributed by atoms with Gasteiger partial charge >= 0.3 is 5.97 Å². The van der Waals surface area contributed by atoms with Gasteiger partial charge in [0.05, 0.1) is 12.0 Å². The van der Waals surface area contributed by atoms with Crippen molar-refractivity contribution in [1.82, 2.24) is 5.32 Å². The molecule has 6 N–H and O–H groups in total. The fourth-order valence-electron chi connectivity index (χ4n) is 3.42. The van der Waals surface area contributed by atoms with E-state index in [1.54, 1.807) is 0 Å². The van der Waals surface area contributed by atoms with Crippen LogP contribution >= 0.6 is 0 Å². The van der Waals surface area contributed by atoms with E-state index >= 15 is 0 Å². The summed E-state index contributed by atoms with van der Waals surface area (Å²) in [7, 11) is 0. The standard InChI is InChI=1S/C15H26N4O4/c1-4-8(5-2)12(18-7(3)20)11-10(19-15(16)17)6-9(13(11)21)14(22)23/h8-12H,4-6H2,1-3H3,(H,18,20)(H,22,23)(H4,16,17,19)/t9-,10+,11+,12-/m0/s1. The monoisotopic (exact) mass is 326 g/mol. The molecule has 4 atom stereocenters. The number of carbonyl (C=O) groups excluding carboxylic acids is 2. The Bertz CT molecular complexity index is 498. The first-order chi connectivity index (χ1) is 10.7. The highest BCUT2D eigenvalue weighted by Gasteiger charge is 2.50. The third kappa shape index (κ3) is 4.43. The van der Waals surface area contributed by atoms with Crippen LogP contribution in [-0.4, -0.2) is 40.8 Å². The summed E-state index contributed by atoms with van der Waals surface area (Å²) in [6, 6.07) is -1.11. The number of amides is 1. The third-order valence-corrected chi connectivity index (χ3v) is 4.49. The van der Waals surface area contributed by atoms with Crippen LogP contribution in [0.2, 0.25) is 0 Å². The highest BCUT2D eigenvalue weighted by atomic mass is 16.4. The summed E-state index contributed by atoms with van der Waals surface area (Å²) in [6.45, 7) is 5.30. The van der Waals surface area contributed by atoms with Crippen molar-refractivity contribution in [3.05, 3.63) is 0 Å². The van der Waals surface area contributed by atoms with Crippen LogP contribution in [-0.2, 0) is 14.4 Å². The second-order valence-corrected chi connectivity index (χ2v) is 5.98. The number of hydrogen-bond donors (Lipinski definition) is 4. The molecular weight excluding hydrogens is 300 g/mol. The summed E-state index contributed by atoms with van der Waals surface area (Å²) in [4.78, 5) is 39.6. The maximum atomic E-state index is 12.6. The number of guanidine groups is 1. The fourth-order valence-corrected chi connectivity index (χ4v) is 3.42. The van der Waals surface area contributed by atoms with Gasteiger partial charge in [0.1, 0.15) is 5.92 Å². The number of carbonyl (C=O) groups is 3. The molecule has 1 amide bonds.